The van der Waals surface area contributed by atoms with E-state index in [1.807, 2.05) is 0 Å². The van der Waals surface area contributed by atoms with Crippen LogP contribution in [0.15, 0.2) is 24.3 Å². The van der Waals surface area contributed by atoms with Gasteiger partial charge in [-0.25, -0.2) is 4.79 Å². The molecule has 132 valence electrons. The molecule has 1 saturated heterocycles. The number of carboxylic acids is 1. The summed E-state index contributed by atoms with van der Waals surface area (Å²) in [6, 6.07) is 4.77. The zero-order valence-corrected chi connectivity index (χ0v) is 13.0. The lowest BCUT2D eigenvalue weighted by Crippen LogP contribution is -2.37. The van der Waals surface area contributed by atoms with E-state index in [0.717, 1.165) is 12.1 Å². The third kappa shape index (κ3) is 4.47. The van der Waals surface area contributed by atoms with E-state index in [1.54, 1.807) is 6.92 Å². The zero-order chi connectivity index (χ0) is 17.9. The topological polar surface area (TPSA) is 75.6 Å². The number of carboxylic acid groups (broad SMARTS) is 1. The molecule has 3 atom stereocenters. The molecule has 1 amide bonds. The molecular formula is C16H18F3NO4. The Balaban J connectivity index is 1.85. The monoisotopic (exact) mass is 345 g/mol. The van der Waals surface area contributed by atoms with Gasteiger partial charge >= 0.3 is 12.1 Å². The first-order valence-corrected chi connectivity index (χ1v) is 7.51. The summed E-state index contributed by atoms with van der Waals surface area (Å²) in [6.07, 6.45) is -5.53. The summed E-state index contributed by atoms with van der Waals surface area (Å²) >= 11 is 0. The third-order valence-electron chi connectivity index (χ3n) is 3.98. The number of nitrogens with one attached hydrogen (secondary N) is 1. The first kappa shape index (κ1) is 18.3. The van der Waals surface area contributed by atoms with Crippen molar-refractivity contribution < 1.29 is 32.6 Å². The van der Waals surface area contributed by atoms with Crippen molar-refractivity contribution in [2.45, 2.75) is 44.1 Å². The van der Waals surface area contributed by atoms with Crippen LogP contribution in [0.25, 0.3) is 0 Å². The van der Waals surface area contributed by atoms with Crippen LogP contribution >= 0.6 is 0 Å². The number of ether oxygens (including phenoxy) is 1. The number of carbonyl (C=O) groups excluding carboxylic acids is 1. The minimum absolute atomic E-state index is 0.187. The molecule has 0 saturated carbocycles. The Morgan fingerprint density at radius 2 is 1.83 bits per heavy atom. The van der Waals surface area contributed by atoms with Crippen molar-refractivity contribution in [3.63, 3.8) is 0 Å². The number of hydrogen-bond acceptors (Lipinski definition) is 3. The van der Waals surface area contributed by atoms with Gasteiger partial charge in [-0.05, 0) is 36.5 Å². The van der Waals surface area contributed by atoms with Crippen molar-refractivity contribution in [2.24, 2.45) is 0 Å². The molecule has 1 fully saturated rings. The smallest absolute Gasteiger partial charge is 0.416 e. The van der Waals surface area contributed by atoms with Crippen LogP contribution < -0.4 is 5.32 Å². The van der Waals surface area contributed by atoms with Gasteiger partial charge in [0.2, 0.25) is 5.91 Å². The van der Waals surface area contributed by atoms with Gasteiger partial charge in [0.05, 0.1) is 5.56 Å². The molecule has 5 nitrogen and oxygen atoms in total. The van der Waals surface area contributed by atoms with Crippen LogP contribution in [0.5, 0.6) is 0 Å². The molecule has 1 aromatic carbocycles. The van der Waals surface area contributed by atoms with E-state index in [-0.39, 0.29) is 18.9 Å². The number of aliphatic carboxylic acids is 1. The molecule has 0 bridgehead atoms. The minimum atomic E-state index is -4.38. The van der Waals surface area contributed by atoms with Crippen LogP contribution in [0.1, 0.15) is 36.8 Å². The molecule has 1 unspecified atom stereocenters. The minimum Gasteiger partial charge on any atom is -0.479 e. The van der Waals surface area contributed by atoms with E-state index in [9.17, 15) is 22.8 Å². The van der Waals surface area contributed by atoms with Gasteiger partial charge in [-0.2, -0.15) is 13.2 Å². The molecular weight excluding hydrogens is 327 g/mol. The van der Waals surface area contributed by atoms with Crippen LogP contribution in [0, 0.1) is 0 Å². The maximum Gasteiger partial charge on any atom is 0.416 e. The van der Waals surface area contributed by atoms with E-state index in [4.69, 9.17) is 9.84 Å². The quantitative estimate of drug-likeness (QED) is 0.860. The van der Waals surface area contributed by atoms with Crippen LogP contribution in [0.3, 0.4) is 0 Å². The Morgan fingerprint density at radius 1 is 1.25 bits per heavy atom. The van der Waals surface area contributed by atoms with E-state index < -0.39 is 35.8 Å². The second-order valence-electron chi connectivity index (χ2n) is 5.79. The standard InChI is InChI=1S/C16H18F3NO4/c1-9(10-2-4-11(5-3-10)16(17,18)19)8-20-14(21)12-6-7-13(24-12)15(22)23/h2-5,9,12-13H,6-8H2,1H3,(H,20,21)(H,22,23)/t9?,12-,13+/m0/s1. The van der Waals surface area contributed by atoms with Crippen molar-refractivity contribution in [3.8, 4) is 0 Å². The lowest BCUT2D eigenvalue weighted by Gasteiger charge is -2.16. The Hall–Kier alpha value is -2.09. The van der Waals surface area contributed by atoms with Crippen molar-refractivity contribution in [3.05, 3.63) is 35.4 Å². The molecule has 0 spiro atoms. The number of carbonyl (C=O) groups is 2. The first-order valence-electron chi connectivity index (χ1n) is 7.51. The molecule has 0 aromatic heterocycles. The average Bonchev–Trinajstić information content (AvgIpc) is 3.02. The van der Waals surface area contributed by atoms with Gasteiger partial charge in [0.15, 0.2) is 6.10 Å². The number of benzene rings is 1. The normalized spacial score (nSPS) is 22.2. The van der Waals surface area contributed by atoms with Crippen LogP contribution in [0.4, 0.5) is 13.2 Å². The number of alkyl halides is 3. The highest BCUT2D eigenvalue weighted by atomic mass is 19.4. The second kappa shape index (κ2) is 7.21. The Kier molecular flexibility index (Phi) is 5.48. The van der Waals surface area contributed by atoms with E-state index in [2.05, 4.69) is 5.32 Å². The molecule has 1 heterocycles. The lowest BCUT2D eigenvalue weighted by molar-refractivity contribution is -0.151. The summed E-state index contributed by atoms with van der Waals surface area (Å²) < 4.78 is 42.7. The first-order chi connectivity index (χ1) is 11.2. The molecule has 1 aliphatic rings. The van der Waals surface area contributed by atoms with Crippen LogP contribution in [-0.2, 0) is 20.5 Å². The lowest BCUT2D eigenvalue weighted by atomic mass is 9.99. The van der Waals surface area contributed by atoms with E-state index in [0.29, 0.717) is 12.0 Å². The van der Waals surface area contributed by atoms with Crippen molar-refractivity contribution >= 4 is 11.9 Å². The number of rotatable bonds is 5. The van der Waals surface area contributed by atoms with Gasteiger partial charge < -0.3 is 15.2 Å². The highest BCUT2D eigenvalue weighted by Crippen LogP contribution is 2.30. The Morgan fingerprint density at radius 3 is 2.33 bits per heavy atom. The van der Waals surface area contributed by atoms with Crippen LogP contribution in [0.2, 0.25) is 0 Å². The van der Waals surface area contributed by atoms with Gasteiger partial charge in [0, 0.05) is 6.54 Å². The molecule has 0 radical (unpaired) electrons. The molecule has 24 heavy (non-hydrogen) atoms. The van der Waals surface area contributed by atoms with Crippen molar-refractivity contribution in [1.29, 1.82) is 0 Å². The number of hydrogen-bond donors (Lipinski definition) is 2. The van der Waals surface area contributed by atoms with E-state index >= 15 is 0 Å². The highest BCUT2D eigenvalue weighted by molar-refractivity contribution is 5.82. The molecule has 1 aromatic rings. The van der Waals surface area contributed by atoms with Crippen LogP contribution in [-0.4, -0.2) is 35.7 Å². The Labute approximate surface area is 136 Å². The average molecular weight is 345 g/mol. The summed E-state index contributed by atoms with van der Waals surface area (Å²) in [5, 5.41) is 11.5. The third-order valence-corrected chi connectivity index (χ3v) is 3.98. The summed E-state index contributed by atoms with van der Waals surface area (Å²) in [4.78, 5) is 22.7. The fourth-order valence-corrected chi connectivity index (χ4v) is 2.50. The molecule has 0 aliphatic carbocycles. The Bertz CT molecular complexity index is 600. The zero-order valence-electron chi connectivity index (χ0n) is 13.0. The van der Waals surface area contributed by atoms with Gasteiger partial charge in [0.1, 0.15) is 6.10 Å². The largest absolute Gasteiger partial charge is 0.479 e. The predicted octanol–water partition coefficient (Wildman–Crippen LogP) is 2.56. The number of halogens is 3. The van der Waals surface area contributed by atoms with Gasteiger partial charge in [-0.15, -0.1) is 0 Å². The summed E-state index contributed by atoms with van der Waals surface area (Å²) in [5.41, 5.74) is -0.0550. The van der Waals surface area contributed by atoms with Crippen molar-refractivity contribution in [2.75, 3.05) is 6.54 Å². The molecule has 1 aliphatic heterocycles. The highest BCUT2D eigenvalue weighted by Gasteiger charge is 2.34. The second-order valence-corrected chi connectivity index (χ2v) is 5.79. The van der Waals surface area contributed by atoms with Gasteiger partial charge in [0.25, 0.3) is 0 Å². The molecule has 2 N–H and O–H groups in total. The maximum absolute atomic E-state index is 12.5. The SMILES string of the molecule is CC(CNC(=O)[C@@H]1CC[C@H](C(=O)O)O1)c1ccc(C(F)(F)F)cc1. The fraction of sp³-hybridized carbons (Fsp3) is 0.500. The maximum atomic E-state index is 12.5. The van der Waals surface area contributed by atoms with Crippen molar-refractivity contribution in [1.82, 2.24) is 5.32 Å². The predicted molar refractivity (Wildman–Crippen MR) is 78.4 cm³/mol. The molecule has 2 rings (SSSR count). The van der Waals surface area contributed by atoms with E-state index in [1.165, 1.54) is 12.1 Å². The molecule has 8 heteroatoms. The summed E-state index contributed by atoms with van der Waals surface area (Å²) in [7, 11) is 0. The fourth-order valence-electron chi connectivity index (χ4n) is 2.50. The van der Waals surface area contributed by atoms with Gasteiger partial charge in [-0.1, -0.05) is 19.1 Å². The summed E-state index contributed by atoms with van der Waals surface area (Å²) in [5.74, 6) is -1.69. The summed E-state index contributed by atoms with van der Waals surface area (Å²) in [6.45, 7) is 2.00. The number of amides is 1. The van der Waals surface area contributed by atoms with Gasteiger partial charge in [-0.3, -0.25) is 4.79 Å².